The number of amides is 5. The molecular formula is C29H35N7O7. The van der Waals surface area contributed by atoms with E-state index in [4.69, 9.17) is 17.2 Å². The molecule has 228 valence electrons. The van der Waals surface area contributed by atoms with E-state index >= 15 is 0 Å². The van der Waals surface area contributed by atoms with E-state index in [0.29, 0.717) is 11.1 Å². The van der Waals surface area contributed by atoms with Gasteiger partial charge in [-0.05, 0) is 23.6 Å². The van der Waals surface area contributed by atoms with Gasteiger partial charge < -0.3 is 43.2 Å². The standard InChI is InChI=1S/C29H35N7O7/c30-19(10-11-24(31)37)26(39)34-21(13-17-15-33-20-9-5-4-8-18(17)20)27(40)35-22(14-25(32)38)28(41)36-23(29(42)43)12-16-6-2-1-3-7-16/h1-9,15,19,21-23,33H,10-14,30H2,(H2,31,37)(H2,32,38)(H,34,39)(H,35,40)(H,36,41)(H,42,43). The van der Waals surface area contributed by atoms with Crippen molar-refractivity contribution in [3.8, 4) is 0 Å². The van der Waals surface area contributed by atoms with Crippen LogP contribution in [0.1, 0.15) is 30.4 Å². The van der Waals surface area contributed by atoms with E-state index in [1.807, 2.05) is 18.2 Å². The lowest BCUT2D eigenvalue weighted by Crippen LogP contribution is -2.58. The Morgan fingerprint density at radius 1 is 0.744 bits per heavy atom. The lowest BCUT2D eigenvalue weighted by atomic mass is 10.0. The molecule has 3 aromatic rings. The SMILES string of the molecule is NC(=O)CCC(N)C(=O)NC(Cc1c[nH]c2ccccc12)C(=O)NC(CC(N)=O)C(=O)NC(Cc1ccccc1)C(=O)O. The minimum absolute atomic E-state index is 0.0409. The van der Waals surface area contributed by atoms with Gasteiger partial charge in [0.2, 0.25) is 29.5 Å². The number of carbonyl (C=O) groups excluding carboxylic acids is 5. The van der Waals surface area contributed by atoms with Gasteiger partial charge in [0.15, 0.2) is 0 Å². The summed E-state index contributed by atoms with van der Waals surface area (Å²) >= 11 is 0. The van der Waals surface area contributed by atoms with E-state index < -0.39 is 66.1 Å². The van der Waals surface area contributed by atoms with E-state index in [0.717, 1.165) is 10.9 Å². The van der Waals surface area contributed by atoms with Crippen molar-refractivity contribution in [3.05, 3.63) is 71.9 Å². The van der Waals surface area contributed by atoms with Crippen molar-refractivity contribution in [1.29, 1.82) is 0 Å². The second-order valence-corrected chi connectivity index (χ2v) is 10.1. The Morgan fingerprint density at radius 3 is 2.00 bits per heavy atom. The Morgan fingerprint density at radius 2 is 1.35 bits per heavy atom. The second-order valence-electron chi connectivity index (χ2n) is 10.1. The third kappa shape index (κ3) is 9.67. The first-order valence-electron chi connectivity index (χ1n) is 13.5. The molecule has 4 atom stereocenters. The second kappa shape index (κ2) is 15.1. The van der Waals surface area contributed by atoms with Crippen LogP contribution >= 0.6 is 0 Å². The van der Waals surface area contributed by atoms with E-state index in [2.05, 4.69) is 20.9 Å². The molecule has 3 rings (SSSR count). The molecule has 14 nitrogen and oxygen atoms in total. The number of aromatic nitrogens is 1. The molecule has 0 bridgehead atoms. The molecule has 0 saturated carbocycles. The quantitative estimate of drug-likeness (QED) is 0.102. The van der Waals surface area contributed by atoms with Crippen LogP contribution in [0.2, 0.25) is 0 Å². The number of fused-ring (bicyclic) bond motifs is 1. The maximum atomic E-state index is 13.5. The normalized spacial score (nSPS) is 13.7. The molecule has 5 amide bonds. The highest BCUT2D eigenvalue weighted by Gasteiger charge is 2.32. The van der Waals surface area contributed by atoms with Crippen LogP contribution in [-0.4, -0.2) is 69.8 Å². The first-order valence-corrected chi connectivity index (χ1v) is 13.5. The van der Waals surface area contributed by atoms with Crippen LogP contribution in [0.4, 0.5) is 0 Å². The van der Waals surface area contributed by atoms with Gasteiger partial charge in [0.05, 0.1) is 12.5 Å². The average molecular weight is 594 g/mol. The number of carboxylic acids is 1. The molecule has 0 spiro atoms. The van der Waals surface area contributed by atoms with E-state index in [1.54, 1.807) is 42.6 Å². The van der Waals surface area contributed by atoms with Crippen LogP contribution < -0.4 is 33.2 Å². The fourth-order valence-corrected chi connectivity index (χ4v) is 4.44. The van der Waals surface area contributed by atoms with Gasteiger partial charge in [0.1, 0.15) is 18.1 Å². The summed E-state index contributed by atoms with van der Waals surface area (Å²) in [7, 11) is 0. The fourth-order valence-electron chi connectivity index (χ4n) is 4.44. The summed E-state index contributed by atoms with van der Waals surface area (Å²) in [6.45, 7) is 0. The van der Waals surface area contributed by atoms with Gasteiger partial charge >= 0.3 is 5.97 Å². The van der Waals surface area contributed by atoms with Crippen molar-refractivity contribution >= 4 is 46.4 Å². The van der Waals surface area contributed by atoms with Gasteiger partial charge in [-0.2, -0.15) is 0 Å². The molecule has 1 heterocycles. The summed E-state index contributed by atoms with van der Waals surface area (Å²) in [4.78, 5) is 77.5. The molecule has 43 heavy (non-hydrogen) atoms. The van der Waals surface area contributed by atoms with Crippen molar-refractivity contribution in [1.82, 2.24) is 20.9 Å². The maximum absolute atomic E-state index is 13.5. The topological polar surface area (TPSA) is 253 Å². The van der Waals surface area contributed by atoms with Crippen LogP contribution in [0.5, 0.6) is 0 Å². The van der Waals surface area contributed by atoms with Gasteiger partial charge in [0, 0.05) is 36.4 Å². The zero-order chi connectivity index (χ0) is 31.5. The van der Waals surface area contributed by atoms with Gasteiger partial charge in [-0.3, -0.25) is 24.0 Å². The Hall–Kier alpha value is -5.24. The van der Waals surface area contributed by atoms with Crippen molar-refractivity contribution in [2.75, 3.05) is 0 Å². The van der Waals surface area contributed by atoms with Crippen molar-refractivity contribution in [2.45, 2.75) is 56.3 Å². The van der Waals surface area contributed by atoms with Crippen LogP contribution in [0.3, 0.4) is 0 Å². The Balaban J connectivity index is 1.82. The van der Waals surface area contributed by atoms with E-state index in [9.17, 15) is 33.9 Å². The zero-order valence-electron chi connectivity index (χ0n) is 23.2. The molecular weight excluding hydrogens is 558 g/mol. The summed E-state index contributed by atoms with van der Waals surface area (Å²) in [6.07, 6.45) is 0.720. The minimum Gasteiger partial charge on any atom is -0.480 e. The summed E-state index contributed by atoms with van der Waals surface area (Å²) < 4.78 is 0. The molecule has 0 saturated heterocycles. The summed E-state index contributed by atoms with van der Waals surface area (Å²) in [6, 6.07) is 10.5. The molecule has 1 aromatic heterocycles. The number of rotatable bonds is 16. The number of primary amides is 2. The lowest BCUT2D eigenvalue weighted by Gasteiger charge is -2.25. The third-order valence-corrected chi connectivity index (χ3v) is 6.71. The maximum Gasteiger partial charge on any atom is 0.326 e. The first kappa shape index (κ1) is 32.3. The Kier molecular flexibility index (Phi) is 11.3. The van der Waals surface area contributed by atoms with Crippen molar-refractivity contribution < 1.29 is 33.9 Å². The molecule has 11 N–H and O–H groups in total. The number of hydrogen-bond donors (Lipinski definition) is 8. The number of benzene rings is 2. The Bertz CT molecular complexity index is 1470. The van der Waals surface area contributed by atoms with E-state index in [1.165, 1.54) is 0 Å². The lowest BCUT2D eigenvalue weighted by molar-refractivity contribution is -0.142. The molecule has 4 unspecified atom stereocenters. The minimum atomic E-state index is -1.55. The van der Waals surface area contributed by atoms with Gasteiger partial charge in [0.25, 0.3) is 0 Å². The first-order chi connectivity index (χ1) is 20.4. The number of nitrogens with one attached hydrogen (secondary N) is 4. The number of aliphatic carboxylic acids is 1. The number of carbonyl (C=O) groups is 6. The summed E-state index contributed by atoms with van der Waals surface area (Å²) in [5, 5.41) is 17.8. The van der Waals surface area contributed by atoms with Crippen molar-refractivity contribution in [2.24, 2.45) is 17.2 Å². The molecule has 14 heteroatoms. The van der Waals surface area contributed by atoms with Gasteiger partial charge in [-0.1, -0.05) is 48.5 Å². The highest BCUT2D eigenvalue weighted by molar-refractivity contribution is 5.96. The average Bonchev–Trinajstić information content (AvgIpc) is 3.37. The predicted molar refractivity (Wildman–Crippen MR) is 156 cm³/mol. The largest absolute Gasteiger partial charge is 0.480 e. The number of para-hydroxylation sites is 1. The zero-order valence-corrected chi connectivity index (χ0v) is 23.2. The highest BCUT2D eigenvalue weighted by atomic mass is 16.4. The number of H-pyrrole nitrogens is 1. The molecule has 0 radical (unpaired) electrons. The van der Waals surface area contributed by atoms with Gasteiger partial charge in [-0.25, -0.2) is 4.79 Å². The molecule has 0 aliphatic rings. The molecule has 0 aliphatic carbocycles. The number of hydrogen-bond acceptors (Lipinski definition) is 7. The predicted octanol–water partition coefficient (Wildman–Crippen LogP) is -1.04. The molecule has 0 aliphatic heterocycles. The number of carboxylic acid groups (broad SMARTS) is 1. The summed E-state index contributed by atoms with van der Waals surface area (Å²) in [5.41, 5.74) is 18.5. The van der Waals surface area contributed by atoms with E-state index in [-0.39, 0.29) is 25.7 Å². The smallest absolute Gasteiger partial charge is 0.326 e. The third-order valence-electron chi connectivity index (χ3n) is 6.71. The monoisotopic (exact) mass is 593 g/mol. The van der Waals surface area contributed by atoms with Crippen LogP contribution in [0.25, 0.3) is 10.9 Å². The molecule has 2 aromatic carbocycles. The highest BCUT2D eigenvalue weighted by Crippen LogP contribution is 2.19. The van der Waals surface area contributed by atoms with Crippen LogP contribution in [0.15, 0.2) is 60.8 Å². The van der Waals surface area contributed by atoms with Crippen LogP contribution in [0, 0.1) is 0 Å². The fraction of sp³-hybridized carbons (Fsp3) is 0.310. The number of aromatic amines is 1. The van der Waals surface area contributed by atoms with Gasteiger partial charge in [-0.15, -0.1) is 0 Å². The van der Waals surface area contributed by atoms with Crippen molar-refractivity contribution in [3.63, 3.8) is 0 Å². The van der Waals surface area contributed by atoms with Crippen LogP contribution in [-0.2, 0) is 41.6 Å². The molecule has 0 fully saturated rings. The number of nitrogens with two attached hydrogens (primary N) is 3. The Labute approximate surface area is 246 Å². The summed E-state index contributed by atoms with van der Waals surface area (Å²) in [5.74, 6) is -5.45.